The van der Waals surface area contributed by atoms with Gasteiger partial charge in [-0.05, 0) is 6.42 Å². The van der Waals surface area contributed by atoms with E-state index in [-0.39, 0.29) is 6.03 Å². The Hall–Kier alpha value is -2.16. The van der Waals surface area contributed by atoms with Crippen LogP contribution in [-0.2, 0) is 19.9 Å². The van der Waals surface area contributed by atoms with Crippen LogP contribution in [0.1, 0.15) is 25.4 Å². The second kappa shape index (κ2) is 7.16. The molecule has 8 nitrogen and oxygen atoms in total. The molecule has 0 unspecified atom stereocenters. The van der Waals surface area contributed by atoms with E-state index in [0.29, 0.717) is 13.1 Å². The molecule has 1 aliphatic rings. The first-order chi connectivity index (χ1) is 11.6. The summed E-state index contributed by atoms with van der Waals surface area (Å²) < 4.78 is 6.06. The Morgan fingerprint density at radius 1 is 1.25 bits per heavy atom. The molecule has 2 aromatic heterocycles. The zero-order valence-electron chi connectivity index (χ0n) is 14.3. The van der Waals surface area contributed by atoms with E-state index in [9.17, 15) is 4.79 Å². The summed E-state index contributed by atoms with van der Waals surface area (Å²) in [6, 6.07) is -0.0659. The first-order valence-electron chi connectivity index (χ1n) is 8.26. The van der Waals surface area contributed by atoms with Crippen molar-refractivity contribution in [1.82, 2.24) is 24.0 Å². The lowest BCUT2D eigenvalue weighted by Gasteiger charge is -2.34. The Bertz CT molecular complexity index is 702. The van der Waals surface area contributed by atoms with Crippen LogP contribution in [0.15, 0.2) is 6.20 Å². The number of carbonyl (C=O) groups is 1. The van der Waals surface area contributed by atoms with Gasteiger partial charge in [0.05, 0.1) is 11.4 Å². The Labute approximate surface area is 145 Å². The molecular weight excluding hydrogens is 326 g/mol. The molecule has 3 rings (SSSR count). The van der Waals surface area contributed by atoms with Crippen LogP contribution in [0.5, 0.6) is 0 Å². The Balaban J connectivity index is 1.56. The summed E-state index contributed by atoms with van der Waals surface area (Å²) in [6.07, 6.45) is 3.49. The Morgan fingerprint density at radius 2 is 2.00 bits per heavy atom. The first kappa shape index (κ1) is 16.7. The summed E-state index contributed by atoms with van der Waals surface area (Å²) in [5, 5.41) is 8.28. The van der Waals surface area contributed by atoms with Gasteiger partial charge in [0.1, 0.15) is 5.82 Å². The molecule has 3 heterocycles. The summed E-state index contributed by atoms with van der Waals surface area (Å²) in [5.41, 5.74) is 1.70. The summed E-state index contributed by atoms with van der Waals surface area (Å²) in [4.78, 5) is 21.0. The SMILES string of the molecule is CCc1nsc(N2CCN(C(=O)Nc3cn(C)nc3CC)CC2)n1. The third kappa shape index (κ3) is 3.50. The van der Waals surface area contributed by atoms with Crippen LogP contribution in [0.2, 0.25) is 0 Å². The third-order valence-electron chi connectivity index (χ3n) is 4.09. The van der Waals surface area contributed by atoms with Crippen molar-refractivity contribution in [3.8, 4) is 0 Å². The van der Waals surface area contributed by atoms with Crippen molar-refractivity contribution < 1.29 is 4.79 Å². The van der Waals surface area contributed by atoms with Crippen LogP contribution in [0, 0.1) is 0 Å². The van der Waals surface area contributed by atoms with Gasteiger partial charge in [-0.2, -0.15) is 9.47 Å². The number of nitrogens with one attached hydrogen (secondary N) is 1. The third-order valence-corrected chi connectivity index (χ3v) is 4.91. The van der Waals surface area contributed by atoms with E-state index in [4.69, 9.17) is 0 Å². The molecule has 9 heteroatoms. The summed E-state index contributed by atoms with van der Waals surface area (Å²) in [5.74, 6) is 0.888. The van der Waals surface area contributed by atoms with Crippen LogP contribution in [0.25, 0.3) is 0 Å². The average molecular weight is 349 g/mol. The van der Waals surface area contributed by atoms with Gasteiger partial charge in [-0.15, -0.1) is 0 Å². The van der Waals surface area contributed by atoms with E-state index in [1.165, 1.54) is 11.5 Å². The van der Waals surface area contributed by atoms with Gasteiger partial charge in [0.15, 0.2) is 0 Å². The zero-order chi connectivity index (χ0) is 17.1. The second-order valence-corrected chi connectivity index (χ2v) is 6.50. The lowest BCUT2D eigenvalue weighted by Crippen LogP contribution is -2.50. The molecule has 1 fully saturated rings. The molecule has 0 aromatic carbocycles. The molecule has 0 spiro atoms. The smallest absolute Gasteiger partial charge is 0.322 e. The summed E-state index contributed by atoms with van der Waals surface area (Å²) >= 11 is 1.44. The Morgan fingerprint density at radius 3 is 2.62 bits per heavy atom. The van der Waals surface area contributed by atoms with Crippen molar-refractivity contribution in [2.45, 2.75) is 26.7 Å². The van der Waals surface area contributed by atoms with Gasteiger partial charge in [0.25, 0.3) is 0 Å². The van der Waals surface area contributed by atoms with Crippen molar-refractivity contribution in [3.05, 3.63) is 17.7 Å². The number of aromatic nitrogens is 4. The van der Waals surface area contributed by atoms with E-state index in [0.717, 1.165) is 48.3 Å². The predicted octanol–water partition coefficient (Wildman–Crippen LogP) is 1.75. The first-order valence-corrected chi connectivity index (χ1v) is 9.04. The topological polar surface area (TPSA) is 79.2 Å². The van der Waals surface area contributed by atoms with Gasteiger partial charge >= 0.3 is 6.03 Å². The van der Waals surface area contributed by atoms with Crippen LogP contribution >= 0.6 is 11.5 Å². The highest BCUT2D eigenvalue weighted by Crippen LogP contribution is 2.20. The van der Waals surface area contributed by atoms with Gasteiger partial charge in [0.2, 0.25) is 5.13 Å². The molecule has 1 N–H and O–H groups in total. The fraction of sp³-hybridized carbons (Fsp3) is 0.600. The van der Waals surface area contributed by atoms with Crippen LogP contribution in [-0.4, -0.2) is 56.2 Å². The fourth-order valence-corrected chi connectivity index (χ4v) is 3.51. The van der Waals surface area contributed by atoms with E-state index < -0.39 is 0 Å². The van der Waals surface area contributed by atoms with Gasteiger partial charge in [-0.1, -0.05) is 13.8 Å². The number of nitrogens with zero attached hydrogens (tertiary/aromatic N) is 6. The van der Waals surface area contributed by atoms with Crippen LogP contribution in [0.4, 0.5) is 15.6 Å². The molecule has 0 aliphatic carbocycles. The number of hydrogen-bond acceptors (Lipinski definition) is 6. The van der Waals surface area contributed by atoms with Crippen molar-refractivity contribution in [2.75, 3.05) is 36.4 Å². The largest absolute Gasteiger partial charge is 0.343 e. The maximum atomic E-state index is 12.5. The molecule has 0 saturated carbocycles. The molecule has 1 aliphatic heterocycles. The van der Waals surface area contributed by atoms with Crippen LogP contribution < -0.4 is 10.2 Å². The lowest BCUT2D eigenvalue weighted by atomic mass is 10.3. The monoisotopic (exact) mass is 349 g/mol. The van der Waals surface area contributed by atoms with E-state index in [1.807, 2.05) is 25.1 Å². The number of aryl methyl sites for hydroxylation is 3. The fourth-order valence-electron chi connectivity index (χ4n) is 2.71. The molecule has 130 valence electrons. The van der Waals surface area contributed by atoms with Gasteiger partial charge in [0, 0.05) is 57.4 Å². The Kier molecular flexibility index (Phi) is 4.98. The number of piperazine rings is 1. The predicted molar refractivity (Wildman–Crippen MR) is 94.7 cm³/mol. The van der Waals surface area contributed by atoms with Crippen molar-refractivity contribution in [2.24, 2.45) is 7.05 Å². The molecule has 0 atom stereocenters. The minimum atomic E-state index is -0.0659. The molecule has 0 radical (unpaired) electrons. The van der Waals surface area contributed by atoms with Gasteiger partial charge in [-0.25, -0.2) is 9.78 Å². The van der Waals surface area contributed by atoms with Crippen molar-refractivity contribution in [1.29, 1.82) is 0 Å². The highest BCUT2D eigenvalue weighted by Gasteiger charge is 2.24. The molecule has 0 bridgehead atoms. The van der Waals surface area contributed by atoms with Crippen LogP contribution in [0.3, 0.4) is 0 Å². The van der Waals surface area contributed by atoms with Gasteiger partial charge in [-0.3, -0.25) is 4.68 Å². The summed E-state index contributed by atoms with van der Waals surface area (Å²) in [6.45, 7) is 6.99. The van der Waals surface area contributed by atoms with E-state index in [1.54, 1.807) is 4.68 Å². The standard InChI is InChI=1S/C15H23N7OS/c1-4-11-12(10-20(3)18-11)16-14(23)21-6-8-22(9-7-21)15-17-13(5-2)19-24-15/h10H,4-9H2,1-3H3,(H,16,23). The quantitative estimate of drug-likeness (QED) is 0.910. The van der Waals surface area contributed by atoms with Gasteiger partial charge < -0.3 is 15.1 Å². The number of amides is 2. The molecule has 2 amide bonds. The normalized spacial score (nSPS) is 15.0. The summed E-state index contributed by atoms with van der Waals surface area (Å²) in [7, 11) is 1.86. The average Bonchev–Trinajstić information content (AvgIpc) is 3.21. The molecular formula is C15H23N7OS. The number of hydrogen-bond donors (Lipinski definition) is 1. The number of urea groups is 1. The number of anilines is 2. The minimum Gasteiger partial charge on any atom is -0.343 e. The maximum absolute atomic E-state index is 12.5. The highest BCUT2D eigenvalue weighted by atomic mass is 32.1. The maximum Gasteiger partial charge on any atom is 0.322 e. The number of rotatable bonds is 4. The zero-order valence-corrected chi connectivity index (χ0v) is 15.1. The molecule has 24 heavy (non-hydrogen) atoms. The van der Waals surface area contributed by atoms with Crippen molar-refractivity contribution >= 4 is 28.4 Å². The lowest BCUT2D eigenvalue weighted by molar-refractivity contribution is 0.208. The molecule has 2 aromatic rings. The van der Waals surface area contributed by atoms with Crippen molar-refractivity contribution in [3.63, 3.8) is 0 Å². The minimum absolute atomic E-state index is 0.0659. The van der Waals surface area contributed by atoms with E-state index in [2.05, 4.69) is 31.6 Å². The highest BCUT2D eigenvalue weighted by molar-refractivity contribution is 7.09. The van der Waals surface area contributed by atoms with E-state index >= 15 is 0 Å². The molecule has 1 saturated heterocycles. The second-order valence-electron chi connectivity index (χ2n) is 5.77. The number of carbonyl (C=O) groups excluding carboxylic acids is 1.